The topological polar surface area (TPSA) is 61.0 Å². The summed E-state index contributed by atoms with van der Waals surface area (Å²) in [5.41, 5.74) is 2.00. The maximum absolute atomic E-state index is 13.1. The highest BCUT2D eigenvalue weighted by molar-refractivity contribution is 5.82. The zero-order chi connectivity index (χ0) is 12.8. The molecule has 0 aliphatic carbocycles. The van der Waals surface area contributed by atoms with E-state index in [1.165, 1.54) is 0 Å². The molecule has 1 fully saturated rings. The lowest BCUT2D eigenvalue weighted by molar-refractivity contribution is -0.134. The molecule has 1 saturated heterocycles. The maximum atomic E-state index is 13.1. The minimum absolute atomic E-state index is 0.237. The normalized spacial score (nSPS) is 26.1. The number of alkyl halides is 2. The zero-order valence-corrected chi connectivity index (χ0v) is 9.75. The highest BCUT2D eigenvalue weighted by Crippen LogP contribution is 2.27. The van der Waals surface area contributed by atoms with Crippen LogP contribution >= 0.6 is 0 Å². The van der Waals surface area contributed by atoms with Crippen LogP contribution in [0.15, 0.2) is 6.20 Å². The number of carbonyl (C=O) groups is 1. The first-order valence-corrected chi connectivity index (χ1v) is 5.96. The molecule has 2 aliphatic rings. The van der Waals surface area contributed by atoms with Gasteiger partial charge in [-0.3, -0.25) is 15.2 Å². The first-order chi connectivity index (χ1) is 8.55. The molecule has 7 heteroatoms. The van der Waals surface area contributed by atoms with Gasteiger partial charge in [0.05, 0.1) is 18.8 Å². The molecule has 1 aromatic rings. The molecule has 0 aromatic carbocycles. The highest BCUT2D eigenvalue weighted by atomic mass is 19.3. The van der Waals surface area contributed by atoms with Crippen molar-refractivity contribution in [2.45, 2.75) is 31.4 Å². The summed E-state index contributed by atoms with van der Waals surface area (Å²) in [7, 11) is 0. The van der Waals surface area contributed by atoms with Crippen molar-refractivity contribution in [2.24, 2.45) is 0 Å². The van der Waals surface area contributed by atoms with Crippen molar-refractivity contribution < 1.29 is 13.6 Å². The Morgan fingerprint density at radius 1 is 1.56 bits per heavy atom. The Morgan fingerprint density at radius 2 is 2.39 bits per heavy atom. The summed E-state index contributed by atoms with van der Waals surface area (Å²) < 4.78 is 26.1. The van der Waals surface area contributed by atoms with Gasteiger partial charge < -0.3 is 4.90 Å². The number of hydrogen-bond donors (Lipinski definition) is 2. The van der Waals surface area contributed by atoms with E-state index in [-0.39, 0.29) is 5.91 Å². The van der Waals surface area contributed by atoms with E-state index in [0.29, 0.717) is 19.5 Å². The molecule has 1 atom stereocenters. The quantitative estimate of drug-likeness (QED) is 0.759. The molecule has 2 N–H and O–H groups in total. The van der Waals surface area contributed by atoms with Crippen LogP contribution < -0.4 is 5.32 Å². The lowest BCUT2D eigenvalue weighted by Gasteiger charge is -2.28. The van der Waals surface area contributed by atoms with E-state index in [4.69, 9.17) is 0 Å². The Balaban J connectivity index is 1.68. The second kappa shape index (κ2) is 4.01. The van der Waals surface area contributed by atoms with Crippen molar-refractivity contribution in [1.82, 2.24) is 20.4 Å². The summed E-state index contributed by atoms with van der Waals surface area (Å²) in [5.74, 6) is -3.00. The molecule has 1 aromatic heterocycles. The third-order valence-electron chi connectivity index (χ3n) is 3.52. The molecular weight excluding hydrogens is 242 g/mol. The molecular formula is C11H14F2N4O. The molecule has 0 saturated carbocycles. The van der Waals surface area contributed by atoms with Crippen molar-refractivity contribution in [3.63, 3.8) is 0 Å². The number of aromatic amines is 1. The molecule has 5 nitrogen and oxygen atoms in total. The Kier molecular flexibility index (Phi) is 2.58. The van der Waals surface area contributed by atoms with Crippen LogP contribution in [0.2, 0.25) is 0 Å². The van der Waals surface area contributed by atoms with Crippen LogP contribution in [-0.2, 0) is 17.8 Å². The predicted molar refractivity (Wildman–Crippen MR) is 59.1 cm³/mol. The number of nitrogens with one attached hydrogen (secondary N) is 2. The van der Waals surface area contributed by atoms with Gasteiger partial charge in [0.15, 0.2) is 0 Å². The van der Waals surface area contributed by atoms with Crippen LogP contribution in [0.5, 0.6) is 0 Å². The van der Waals surface area contributed by atoms with Gasteiger partial charge in [0.1, 0.15) is 0 Å². The van der Waals surface area contributed by atoms with Gasteiger partial charge in [-0.15, -0.1) is 0 Å². The van der Waals surface area contributed by atoms with Crippen LogP contribution in [0.1, 0.15) is 17.7 Å². The zero-order valence-electron chi connectivity index (χ0n) is 9.75. The molecule has 98 valence electrons. The second-order valence-electron chi connectivity index (χ2n) is 4.88. The van der Waals surface area contributed by atoms with E-state index in [0.717, 1.165) is 11.3 Å². The fraction of sp³-hybridized carbons (Fsp3) is 0.636. The van der Waals surface area contributed by atoms with Crippen LogP contribution in [0, 0.1) is 0 Å². The number of amides is 1. The summed E-state index contributed by atoms with van der Waals surface area (Å²) in [6, 6.07) is -0.756. The number of fused-ring (bicyclic) bond motifs is 1. The summed E-state index contributed by atoms with van der Waals surface area (Å²) in [6.45, 7) is 0.598. The minimum Gasteiger partial charge on any atom is -0.336 e. The average molecular weight is 256 g/mol. The molecule has 18 heavy (non-hydrogen) atoms. The van der Waals surface area contributed by atoms with Gasteiger partial charge >= 0.3 is 0 Å². The minimum atomic E-state index is -2.77. The number of H-pyrrole nitrogens is 1. The first-order valence-electron chi connectivity index (χ1n) is 5.96. The standard InChI is InChI=1S/C11H14F2N4O/c12-11(13)3-9(14-6-11)10(18)17-2-1-8-7(5-17)4-15-16-8/h4,9,14H,1-3,5-6H2,(H,15,16). The number of hydrogen-bond acceptors (Lipinski definition) is 3. The van der Waals surface area contributed by atoms with Gasteiger partial charge in [-0.2, -0.15) is 5.10 Å². The summed E-state index contributed by atoms with van der Waals surface area (Å²) in [6.07, 6.45) is 1.98. The molecule has 0 bridgehead atoms. The second-order valence-corrected chi connectivity index (χ2v) is 4.88. The highest BCUT2D eigenvalue weighted by Gasteiger charge is 2.43. The molecule has 3 rings (SSSR count). The van der Waals surface area contributed by atoms with Gasteiger partial charge in [-0.1, -0.05) is 0 Å². The summed E-state index contributed by atoms with van der Waals surface area (Å²) >= 11 is 0. The smallest absolute Gasteiger partial charge is 0.262 e. The van der Waals surface area contributed by atoms with Crippen LogP contribution in [0.25, 0.3) is 0 Å². The lowest BCUT2D eigenvalue weighted by atomic mass is 10.1. The van der Waals surface area contributed by atoms with Crippen LogP contribution in [-0.4, -0.2) is 46.1 Å². The Hall–Kier alpha value is -1.50. The molecule has 0 spiro atoms. The summed E-state index contributed by atoms with van der Waals surface area (Å²) in [5, 5.41) is 9.39. The van der Waals surface area contributed by atoms with E-state index in [9.17, 15) is 13.6 Å². The molecule has 1 unspecified atom stereocenters. The number of rotatable bonds is 1. The van der Waals surface area contributed by atoms with E-state index in [1.807, 2.05) is 0 Å². The number of halogens is 2. The lowest BCUT2D eigenvalue weighted by Crippen LogP contribution is -2.45. The fourth-order valence-corrected chi connectivity index (χ4v) is 2.52. The SMILES string of the molecule is O=C(C1CC(F)(F)CN1)N1CCc2[nH]ncc2C1. The maximum Gasteiger partial charge on any atom is 0.262 e. The molecule has 1 amide bonds. The Labute approximate surface area is 103 Å². The van der Waals surface area contributed by atoms with Crippen molar-refractivity contribution in [1.29, 1.82) is 0 Å². The van der Waals surface area contributed by atoms with Crippen LogP contribution in [0.3, 0.4) is 0 Å². The average Bonchev–Trinajstić information content (AvgIpc) is 2.93. The number of carbonyl (C=O) groups excluding carboxylic acids is 1. The van der Waals surface area contributed by atoms with E-state index in [2.05, 4.69) is 15.5 Å². The largest absolute Gasteiger partial charge is 0.336 e. The predicted octanol–water partition coefficient (Wildman–Crippen LogP) is 0.292. The summed E-state index contributed by atoms with van der Waals surface area (Å²) in [4.78, 5) is 13.7. The van der Waals surface area contributed by atoms with Crippen LogP contribution in [0.4, 0.5) is 8.78 Å². The van der Waals surface area contributed by atoms with Crippen molar-refractivity contribution >= 4 is 5.91 Å². The van der Waals surface area contributed by atoms with Gasteiger partial charge in [-0.25, -0.2) is 8.78 Å². The monoisotopic (exact) mass is 256 g/mol. The fourth-order valence-electron chi connectivity index (χ4n) is 2.52. The first kappa shape index (κ1) is 11.6. The molecule has 2 aliphatic heterocycles. The van der Waals surface area contributed by atoms with Crippen molar-refractivity contribution in [3.05, 3.63) is 17.5 Å². The Bertz CT molecular complexity index is 473. The van der Waals surface area contributed by atoms with E-state index >= 15 is 0 Å². The number of nitrogens with zero attached hydrogens (tertiary/aromatic N) is 2. The van der Waals surface area contributed by atoms with Gasteiger partial charge in [0.25, 0.3) is 5.92 Å². The molecule has 3 heterocycles. The van der Waals surface area contributed by atoms with E-state index in [1.54, 1.807) is 11.1 Å². The third-order valence-corrected chi connectivity index (χ3v) is 3.52. The van der Waals surface area contributed by atoms with E-state index < -0.39 is 24.9 Å². The van der Waals surface area contributed by atoms with Gasteiger partial charge in [0, 0.05) is 37.2 Å². The molecule has 0 radical (unpaired) electrons. The van der Waals surface area contributed by atoms with Gasteiger partial charge in [0.2, 0.25) is 5.91 Å². The Morgan fingerprint density at radius 3 is 3.11 bits per heavy atom. The van der Waals surface area contributed by atoms with Gasteiger partial charge in [-0.05, 0) is 0 Å². The van der Waals surface area contributed by atoms with Crippen molar-refractivity contribution in [3.8, 4) is 0 Å². The van der Waals surface area contributed by atoms with Crippen molar-refractivity contribution in [2.75, 3.05) is 13.1 Å². The third kappa shape index (κ3) is 1.98. The number of aromatic nitrogens is 2.